The van der Waals surface area contributed by atoms with Crippen molar-refractivity contribution in [3.8, 4) is 5.88 Å². The number of fused-ring (bicyclic) bond motifs is 1. The van der Waals surface area contributed by atoms with Crippen molar-refractivity contribution in [3.63, 3.8) is 0 Å². The van der Waals surface area contributed by atoms with Crippen LogP contribution in [-0.4, -0.2) is 28.4 Å². The van der Waals surface area contributed by atoms with Gasteiger partial charge >= 0.3 is 0 Å². The second-order valence-electron chi connectivity index (χ2n) is 3.77. The Morgan fingerprint density at radius 3 is 3.17 bits per heavy atom. The highest BCUT2D eigenvalue weighted by Crippen LogP contribution is 2.22. The Labute approximate surface area is 105 Å². The molecule has 2 rings (SSSR count). The van der Waals surface area contributed by atoms with Crippen LogP contribution >= 0.6 is 0 Å². The zero-order valence-corrected chi connectivity index (χ0v) is 10.2. The molecule has 0 radical (unpaired) electrons. The van der Waals surface area contributed by atoms with E-state index in [1.165, 1.54) is 0 Å². The number of anilines is 1. The van der Waals surface area contributed by atoms with Gasteiger partial charge in [-0.2, -0.15) is 0 Å². The van der Waals surface area contributed by atoms with Gasteiger partial charge in [-0.1, -0.05) is 0 Å². The maximum Gasteiger partial charge on any atom is 0.238 e. The molecule has 0 saturated carbocycles. The first-order chi connectivity index (χ1) is 8.74. The number of hydrogen-bond acceptors (Lipinski definition) is 4. The van der Waals surface area contributed by atoms with Gasteiger partial charge in [-0.15, -0.1) is 0 Å². The van der Waals surface area contributed by atoms with Gasteiger partial charge in [-0.05, 0) is 13.0 Å². The summed E-state index contributed by atoms with van der Waals surface area (Å²) in [5.41, 5.74) is 6.86. The monoisotopic (exact) mass is 248 g/mol. The fraction of sp³-hybridized carbons (Fsp3) is 0.333. The van der Waals surface area contributed by atoms with Crippen LogP contribution in [0.3, 0.4) is 0 Å². The molecule has 3 N–H and O–H groups in total. The minimum Gasteiger partial charge on any atom is -0.476 e. The third kappa shape index (κ3) is 2.60. The molecule has 6 nitrogen and oxygen atoms in total. The topological polar surface area (TPSA) is 81.7 Å². The molecule has 0 aromatic carbocycles. The zero-order valence-electron chi connectivity index (χ0n) is 10.2. The Bertz CT molecular complexity index is 550. The molecular weight excluding hydrogens is 232 g/mol. The second-order valence-corrected chi connectivity index (χ2v) is 3.77. The average molecular weight is 248 g/mol. The fourth-order valence-electron chi connectivity index (χ4n) is 1.68. The number of nitrogens with two attached hydrogens (primary N) is 1. The van der Waals surface area contributed by atoms with Crippen LogP contribution in [0.1, 0.15) is 13.3 Å². The number of carbonyl (C=O) groups excluding carboxylic acids is 1. The number of aromatic nitrogens is 2. The molecule has 0 unspecified atom stereocenters. The Kier molecular flexibility index (Phi) is 3.78. The van der Waals surface area contributed by atoms with Crippen molar-refractivity contribution >= 4 is 17.1 Å². The van der Waals surface area contributed by atoms with E-state index in [0.717, 1.165) is 5.52 Å². The molecule has 2 heterocycles. The van der Waals surface area contributed by atoms with Gasteiger partial charge in [0.15, 0.2) is 0 Å². The predicted octanol–water partition coefficient (Wildman–Crippen LogP) is 1.02. The summed E-state index contributed by atoms with van der Waals surface area (Å²) in [7, 11) is 0. The van der Waals surface area contributed by atoms with Crippen molar-refractivity contribution < 1.29 is 9.53 Å². The molecule has 0 atom stereocenters. The quantitative estimate of drug-likeness (QED) is 0.827. The molecule has 0 aliphatic carbocycles. The summed E-state index contributed by atoms with van der Waals surface area (Å²) in [6.07, 6.45) is 5.58. The van der Waals surface area contributed by atoms with E-state index in [1.807, 2.05) is 23.6 Å². The minimum absolute atomic E-state index is 0.0978. The standard InChI is InChI=1S/C12H16N4O2/c1-2-18-12-10-7-9(15-11(17)3-4-13)8-16(10)6-5-14-12/h5-8H,2-4,13H2,1H3,(H,15,17). The van der Waals surface area contributed by atoms with Gasteiger partial charge in [-0.3, -0.25) is 4.79 Å². The van der Waals surface area contributed by atoms with Crippen molar-refractivity contribution in [2.75, 3.05) is 18.5 Å². The molecule has 6 heteroatoms. The van der Waals surface area contributed by atoms with Gasteiger partial charge in [0, 0.05) is 31.6 Å². The number of amides is 1. The van der Waals surface area contributed by atoms with Crippen LogP contribution in [-0.2, 0) is 4.79 Å². The van der Waals surface area contributed by atoms with Crippen LogP contribution in [0, 0.1) is 0 Å². The molecule has 18 heavy (non-hydrogen) atoms. The highest BCUT2D eigenvalue weighted by Gasteiger charge is 2.08. The lowest BCUT2D eigenvalue weighted by atomic mass is 10.4. The molecule has 96 valence electrons. The summed E-state index contributed by atoms with van der Waals surface area (Å²) in [5, 5.41) is 2.78. The van der Waals surface area contributed by atoms with Gasteiger partial charge in [0.05, 0.1) is 12.3 Å². The number of rotatable bonds is 5. The summed E-state index contributed by atoms with van der Waals surface area (Å²) < 4.78 is 7.28. The number of hydrogen-bond donors (Lipinski definition) is 2. The lowest BCUT2D eigenvalue weighted by molar-refractivity contribution is -0.116. The maximum atomic E-state index is 11.5. The van der Waals surface area contributed by atoms with Crippen molar-refractivity contribution in [1.82, 2.24) is 9.38 Å². The minimum atomic E-state index is -0.0978. The molecule has 0 bridgehead atoms. The lowest BCUT2D eigenvalue weighted by Gasteiger charge is -2.02. The van der Waals surface area contributed by atoms with E-state index in [4.69, 9.17) is 10.5 Å². The van der Waals surface area contributed by atoms with Gasteiger partial charge in [-0.25, -0.2) is 4.98 Å². The Hall–Kier alpha value is -2.08. The fourth-order valence-corrected chi connectivity index (χ4v) is 1.68. The number of carbonyl (C=O) groups is 1. The van der Waals surface area contributed by atoms with Gasteiger partial charge < -0.3 is 20.2 Å². The average Bonchev–Trinajstić information content (AvgIpc) is 2.73. The summed E-state index contributed by atoms with van der Waals surface area (Å²) in [5.74, 6) is 0.457. The van der Waals surface area contributed by atoms with E-state index < -0.39 is 0 Å². The van der Waals surface area contributed by atoms with Crippen molar-refractivity contribution in [1.29, 1.82) is 0 Å². The first-order valence-corrected chi connectivity index (χ1v) is 5.84. The van der Waals surface area contributed by atoms with Crippen LogP contribution in [0.15, 0.2) is 24.7 Å². The molecule has 0 aliphatic rings. The number of nitrogens with one attached hydrogen (secondary N) is 1. The third-order valence-corrected chi connectivity index (χ3v) is 2.42. The van der Waals surface area contributed by atoms with Crippen molar-refractivity contribution in [3.05, 3.63) is 24.7 Å². The Balaban J connectivity index is 2.26. The second kappa shape index (κ2) is 5.50. The van der Waals surface area contributed by atoms with Gasteiger partial charge in [0.2, 0.25) is 11.8 Å². The normalized spacial score (nSPS) is 10.6. The van der Waals surface area contributed by atoms with Crippen molar-refractivity contribution in [2.24, 2.45) is 5.73 Å². The van der Waals surface area contributed by atoms with E-state index in [2.05, 4.69) is 10.3 Å². The van der Waals surface area contributed by atoms with E-state index >= 15 is 0 Å². The summed E-state index contributed by atoms with van der Waals surface area (Å²) in [6.45, 7) is 2.79. The molecule has 2 aromatic rings. The maximum absolute atomic E-state index is 11.5. The molecule has 0 aliphatic heterocycles. The van der Waals surface area contributed by atoms with Crippen LogP contribution in [0.2, 0.25) is 0 Å². The summed E-state index contributed by atoms with van der Waals surface area (Å²) in [6, 6.07) is 1.83. The predicted molar refractivity (Wildman–Crippen MR) is 68.7 cm³/mol. The van der Waals surface area contributed by atoms with Crippen LogP contribution in [0.25, 0.3) is 5.52 Å². The zero-order chi connectivity index (χ0) is 13.0. The highest BCUT2D eigenvalue weighted by atomic mass is 16.5. The smallest absolute Gasteiger partial charge is 0.238 e. The molecular formula is C12H16N4O2. The van der Waals surface area contributed by atoms with Crippen LogP contribution < -0.4 is 15.8 Å². The molecule has 2 aromatic heterocycles. The Morgan fingerprint density at radius 1 is 1.61 bits per heavy atom. The molecule has 1 amide bonds. The third-order valence-electron chi connectivity index (χ3n) is 2.42. The largest absolute Gasteiger partial charge is 0.476 e. The van der Waals surface area contributed by atoms with Gasteiger partial charge in [0.1, 0.15) is 5.52 Å². The van der Waals surface area contributed by atoms with Crippen molar-refractivity contribution in [2.45, 2.75) is 13.3 Å². The first kappa shape index (κ1) is 12.4. The lowest BCUT2D eigenvalue weighted by Crippen LogP contribution is -2.15. The van der Waals surface area contributed by atoms with E-state index in [9.17, 15) is 4.79 Å². The van der Waals surface area contributed by atoms with Crippen LogP contribution in [0.5, 0.6) is 5.88 Å². The van der Waals surface area contributed by atoms with Gasteiger partial charge in [0.25, 0.3) is 0 Å². The SMILES string of the molecule is CCOc1nccn2cc(NC(=O)CCN)cc12. The first-order valence-electron chi connectivity index (χ1n) is 5.84. The number of nitrogens with zero attached hydrogens (tertiary/aromatic N) is 2. The summed E-state index contributed by atoms with van der Waals surface area (Å²) >= 11 is 0. The van der Waals surface area contributed by atoms with E-state index in [1.54, 1.807) is 12.4 Å². The van der Waals surface area contributed by atoms with Crippen LogP contribution in [0.4, 0.5) is 5.69 Å². The molecule has 0 fully saturated rings. The highest BCUT2D eigenvalue weighted by molar-refractivity contribution is 5.91. The molecule has 0 saturated heterocycles. The Morgan fingerprint density at radius 2 is 2.44 bits per heavy atom. The number of ether oxygens (including phenoxy) is 1. The van der Waals surface area contributed by atoms with E-state index in [-0.39, 0.29) is 5.91 Å². The summed E-state index contributed by atoms with van der Waals surface area (Å²) in [4.78, 5) is 15.6. The molecule has 0 spiro atoms. The van der Waals surface area contributed by atoms with E-state index in [0.29, 0.717) is 31.1 Å².